The monoisotopic (exact) mass is 405 g/mol. The van der Waals surface area contributed by atoms with Gasteiger partial charge in [0.05, 0.1) is 18.2 Å². The first kappa shape index (κ1) is 20.1. The number of nitrogens with zero attached hydrogens (tertiary/aromatic N) is 2. The van der Waals surface area contributed by atoms with Crippen LogP contribution in [0.1, 0.15) is 43.6 Å². The predicted octanol–water partition coefficient (Wildman–Crippen LogP) is 3.95. The lowest BCUT2D eigenvalue weighted by atomic mass is 9.78. The van der Waals surface area contributed by atoms with Gasteiger partial charge in [-0.3, -0.25) is 9.59 Å². The smallest absolute Gasteiger partial charge is 0.279 e. The lowest BCUT2D eigenvalue weighted by Gasteiger charge is -2.34. The van der Waals surface area contributed by atoms with Crippen molar-refractivity contribution in [1.82, 2.24) is 15.1 Å². The summed E-state index contributed by atoms with van der Waals surface area (Å²) in [7, 11) is 1.59. The predicted molar refractivity (Wildman–Crippen MR) is 117 cm³/mol. The molecule has 2 aromatic carbocycles. The molecule has 0 unspecified atom stereocenters. The molecule has 1 amide bonds. The summed E-state index contributed by atoms with van der Waals surface area (Å²) in [5.41, 5.74) is 0.596. The zero-order valence-electron chi connectivity index (χ0n) is 17.6. The molecule has 1 N–H and O–H groups in total. The Morgan fingerprint density at radius 3 is 2.47 bits per heavy atom. The van der Waals surface area contributed by atoms with E-state index in [1.807, 2.05) is 6.07 Å². The van der Waals surface area contributed by atoms with Crippen molar-refractivity contribution in [3.8, 4) is 11.4 Å². The summed E-state index contributed by atoms with van der Waals surface area (Å²) in [4.78, 5) is 26.3. The van der Waals surface area contributed by atoms with E-state index in [1.54, 1.807) is 49.6 Å². The minimum Gasteiger partial charge on any atom is -0.497 e. The number of aromatic nitrogens is 2. The molecule has 0 saturated heterocycles. The van der Waals surface area contributed by atoms with Crippen molar-refractivity contribution >= 4 is 16.7 Å². The number of hydrogen-bond acceptors (Lipinski definition) is 4. The molecule has 6 nitrogen and oxygen atoms in total. The van der Waals surface area contributed by atoms with Gasteiger partial charge in [0.25, 0.3) is 11.5 Å². The standard InChI is InChI=1S/C24H27N3O3/c1-15-7-6-10-21(16(15)2)25-23(28)22-19-8-4-5-9-20(19)24(29)27(26-22)17-11-13-18(30-3)14-12-17/h4-5,8-9,11-16,21H,6-7,10H2,1-3H3,(H,25,28)/t15-,16+,21-/m1/s1. The summed E-state index contributed by atoms with van der Waals surface area (Å²) >= 11 is 0. The van der Waals surface area contributed by atoms with Gasteiger partial charge in [-0.05, 0) is 48.6 Å². The highest BCUT2D eigenvalue weighted by atomic mass is 16.5. The van der Waals surface area contributed by atoms with Crippen molar-refractivity contribution in [3.63, 3.8) is 0 Å². The third-order valence-corrected chi connectivity index (χ3v) is 6.36. The van der Waals surface area contributed by atoms with Gasteiger partial charge in [-0.15, -0.1) is 0 Å². The van der Waals surface area contributed by atoms with E-state index in [0.29, 0.717) is 34.0 Å². The number of benzene rings is 2. The molecule has 30 heavy (non-hydrogen) atoms. The van der Waals surface area contributed by atoms with Crippen LogP contribution < -0.4 is 15.6 Å². The van der Waals surface area contributed by atoms with Gasteiger partial charge in [-0.25, -0.2) is 0 Å². The van der Waals surface area contributed by atoms with Crippen LogP contribution in [0.25, 0.3) is 16.5 Å². The van der Waals surface area contributed by atoms with Gasteiger partial charge in [0.15, 0.2) is 5.69 Å². The third kappa shape index (κ3) is 3.70. The summed E-state index contributed by atoms with van der Waals surface area (Å²) in [6.07, 6.45) is 3.26. The van der Waals surface area contributed by atoms with Crippen LogP contribution in [0.3, 0.4) is 0 Å². The van der Waals surface area contributed by atoms with Crippen LogP contribution in [-0.4, -0.2) is 28.8 Å². The van der Waals surface area contributed by atoms with Crippen LogP contribution in [-0.2, 0) is 0 Å². The molecule has 1 heterocycles. The van der Waals surface area contributed by atoms with Crippen LogP contribution in [0.5, 0.6) is 5.75 Å². The second kappa shape index (κ2) is 8.30. The van der Waals surface area contributed by atoms with Crippen molar-refractivity contribution in [3.05, 3.63) is 64.6 Å². The first-order valence-corrected chi connectivity index (χ1v) is 10.5. The molecule has 1 aliphatic rings. The first-order valence-electron chi connectivity index (χ1n) is 10.5. The Morgan fingerprint density at radius 2 is 1.77 bits per heavy atom. The second-order valence-corrected chi connectivity index (χ2v) is 8.16. The van der Waals surface area contributed by atoms with E-state index in [9.17, 15) is 9.59 Å². The fraction of sp³-hybridized carbons (Fsp3) is 0.375. The van der Waals surface area contributed by atoms with Crippen LogP contribution in [0.15, 0.2) is 53.3 Å². The number of rotatable bonds is 4. The largest absolute Gasteiger partial charge is 0.497 e. The molecular formula is C24H27N3O3. The molecule has 1 aromatic heterocycles. The van der Waals surface area contributed by atoms with E-state index in [1.165, 1.54) is 11.1 Å². The minimum absolute atomic E-state index is 0.114. The van der Waals surface area contributed by atoms with Crippen molar-refractivity contribution in [1.29, 1.82) is 0 Å². The number of carbonyl (C=O) groups is 1. The van der Waals surface area contributed by atoms with E-state index < -0.39 is 0 Å². The van der Waals surface area contributed by atoms with Crippen molar-refractivity contribution in [2.24, 2.45) is 11.8 Å². The molecule has 4 rings (SSSR count). The van der Waals surface area contributed by atoms with Gasteiger partial charge >= 0.3 is 0 Å². The van der Waals surface area contributed by atoms with Crippen LogP contribution in [0.2, 0.25) is 0 Å². The fourth-order valence-corrected chi connectivity index (χ4v) is 4.28. The van der Waals surface area contributed by atoms with Crippen molar-refractivity contribution in [2.45, 2.75) is 39.2 Å². The number of hydrogen-bond donors (Lipinski definition) is 1. The van der Waals surface area contributed by atoms with Gasteiger partial charge < -0.3 is 10.1 Å². The number of fused-ring (bicyclic) bond motifs is 1. The van der Waals surface area contributed by atoms with Gasteiger partial charge in [0.2, 0.25) is 0 Å². The molecule has 156 valence electrons. The minimum atomic E-state index is -0.257. The molecule has 3 atom stereocenters. The first-order chi connectivity index (χ1) is 14.5. The maximum atomic E-state index is 13.3. The molecule has 0 spiro atoms. The van der Waals surface area contributed by atoms with E-state index in [2.05, 4.69) is 24.3 Å². The SMILES string of the molecule is COc1ccc(-n2nc(C(=O)N[C@@H]3CCC[C@@H](C)[C@@H]3C)c3ccccc3c2=O)cc1. The second-order valence-electron chi connectivity index (χ2n) is 8.16. The van der Waals surface area contributed by atoms with Crippen LogP contribution in [0.4, 0.5) is 0 Å². The molecule has 3 aromatic rings. The van der Waals surface area contributed by atoms with E-state index >= 15 is 0 Å². The maximum Gasteiger partial charge on any atom is 0.279 e. The topological polar surface area (TPSA) is 73.2 Å². The Morgan fingerprint density at radius 1 is 1.07 bits per heavy atom. The highest BCUT2D eigenvalue weighted by Crippen LogP contribution is 2.30. The Balaban J connectivity index is 1.77. The van der Waals surface area contributed by atoms with Gasteiger partial charge in [-0.2, -0.15) is 9.78 Å². The van der Waals surface area contributed by atoms with Crippen molar-refractivity contribution in [2.75, 3.05) is 7.11 Å². The van der Waals surface area contributed by atoms with E-state index in [0.717, 1.165) is 12.8 Å². The quantitative estimate of drug-likeness (QED) is 0.713. The molecule has 1 fully saturated rings. The summed E-state index contributed by atoms with van der Waals surface area (Å²) in [5, 5.41) is 8.72. The van der Waals surface area contributed by atoms with Crippen LogP contribution >= 0.6 is 0 Å². The molecule has 1 aliphatic carbocycles. The Bertz CT molecular complexity index is 1120. The molecule has 0 bridgehead atoms. The summed E-state index contributed by atoms with van der Waals surface area (Å²) in [6, 6.07) is 14.3. The number of amides is 1. The number of carbonyl (C=O) groups excluding carboxylic acids is 1. The molecule has 0 radical (unpaired) electrons. The van der Waals surface area contributed by atoms with E-state index in [-0.39, 0.29) is 23.2 Å². The maximum absolute atomic E-state index is 13.3. The summed E-state index contributed by atoms with van der Waals surface area (Å²) in [6.45, 7) is 4.43. The Labute approximate surface area is 175 Å². The highest BCUT2D eigenvalue weighted by Gasteiger charge is 2.29. The number of methoxy groups -OCH3 is 1. The normalized spacial score (nSPS) is 21.4. The lowest BCUT2D eigenvalue weighted by Crippen LogP contribution is -2.44. The highest BCUT2D eigenvalue weighted by molar-refractivity contribution is 6.05. The van der Waals surface area contributed by atoms with Crippen LogP contribution in [0, 0.1) is 11.8 Å². The Hall–Kier alpha value is -3.15. The summed E-state index contributed by atoms with van der Waals surface area (Å²) in [5.74, 6) is 1.42. The molecule has 0 aliphatic heterocycles. The number of ether oxygens (including phenoxy) is 1. The molecule has 6 heteroatoms. The van der Waals surface area contributed by atoms with Crippen molar-refractivity contribution < 1.29 is 9.53 Å². The molecule has 1 saturated carbocycles. The molecular weight excluding hydrogens is 378 g/mol. The van der Waals surface area contributed by atoms with E-state index in [4.69, 9.17) is 4.74 Å². The number of nitrogens with one attached hydrogen (secondary N) is 1. The zero-order chi connectivity index (χ0) is 21.3. The Kier molecular flexibility index (Phi) is 5.57. The average Bonchev–Trinajstić information content (AvgIpc) is 2.77. The lowest BCUT2D eigenvalue weighted by molar-refractivity contribution is 0.0886. The third-order valence-electron chi connectivity index (χ3n) is 6.36. The summed E-state index contributed by atoms with van der Waals surface area (Å²) < 4.78 is 6.49. The zero-order valence-corrected chi connectivity index (χ0v) is 17.6. The van der Waals surface area contributed by atoms with Gasteiger partial charge in [0, 0.05) is 11.4 Å². The average molecular weight is 405 g/mol. The van der Waals surface area contributed by atoms with Gasteiger partial charge in [-0.1, -0.05) is 44.9 Å². The van der Waals surface area contributed by atoms with Gasteiger partial charge in [0.1, 0.15) is 5.75 Å². The fourth-order valence-electron chi connectivity index (χ4n) is 4.28.